The lowest BCUT2D eigenvalue weighted by Crippen LogP contribution is -2.07. The monoisotopic (exact) mass is 375 g/mol. The highest BCUT2D eigenvalue weighted by Crippen LogP contribution is 2.38. The standard InChI is InChI=1S/C19H19F2N3O3/c1-11(2)26-19-17(27-18-14(20)6-5-7-15(18)21)12(3)24(23-19)16-9-8-13(25-4)10-22-16/h5-11H,1-4H3. The Bertz CT molecular complexity index is 920. The van der Waals surface area contributed by atoms with Crippen LogP contribution in [0.1, 0.15) is 19.5 Å². The van der Waals surface area contributed by atoms with Crippen molar-refractivity contribution in [2.75, 3.05) is 7.11 Å². The largest absolute Gasteiger partial charge is 0.495 e. The Balaban J connectivity index is 2.07. The topological polar surface area (TPSA) is 58.4 Å². The summed E-state index contributed by atoms with van der Waals surface area (Å²) in [6.07, 6.45) is 1.32. The van der Waals surface area contributed by atoms with Gasteiger partial charge in [-0.2, -0.15) is 0 Å². The maximum absolute atomic E-state index is 14.0. The number of hydrogen-bond donors (Lipinski definition) is 0. The van der Waals surface area contributed by atoms with Gasteiger partial charge in [-0.1, -0.05) is 6.07 Å². The molecule has 2 aromatic heterocycles. The molecule has 2 heterocycles. The van der Waals surface area contributed by atoms with Crippen molar-refractivity contribution in [2.45, 2.75) is 26.9 Å². The van der Waals surface area contributed by atoms with Gasteiger partial charge in [0.15, 0.2) is 23.2 Å². The first-order valence-corrected chi connectivity index (χ1v) is 8.29. The van der Waals surface area contributed by atoms with Crippen molar-refractivity contribution in [1.29, 1.82) is 0 Å². The van der Waals surface area contributed by atoms with Gasteiger partial charge < -0.3 is 14.2 Å². The molecule has 0 fully saturated rings. The molecule has 0 atom stereocenters. The molecule has 0 aliphatic carbocycles. The average Bonchev–Trinajstić information content (AvgIpc) is 2.93. The van der Waals surface area contributed by atoms with E-state index in [9.17, 15) is 8.78 Å². The van der Waals surface area contributed by atoms with E-state index in [-0.39, 0.29) is 17.7 Å². The summed E-state index contributed by atoms with van der Waals surface area (Å²) >= 11 is 0. The number of benzene rings is 1. The van der Waals surface area contributed by atoms with Crippen LogP contribution >= 0.6 is 0 Å². The molecule has 8 heteroatoms. The van der Waals surface area contributed by atoms with Crippen molar-refractivity contribution in [3.8, 4) is 28.9 Å². The first-order valence-electron chi connectivity index (χ1n) is 8.29. The molecule has 0 amide bonds. The van der Waals surface area contributed by atoms with Gasteiger partial charge in [-0.15, -0.1) is 5.10 Å². The minimum Gasteiger partial charge on any atom is -0.495 e. The Kier molecular flexibility index (Phi) is 5.25. The van der Waals surface area contributed by atoms with Gasteiger partial charge in [0, 0.05) is 0 Å². The Morgan fingerprint density at radius 2 is 1.74 bits per heavy atom. The molecule has 1 aromatic carbocycles. The summed E-state index contributed by atoms with van der Waals surface area (Å²) in [4.78, 5) is 4.27. The molecular weight excluding hydrogens is 356 g/mol. The first kappa shape index (κ1) is 18.6. The molecule has 0 radical (unpaired) electrons. The van der Waals surface area contributed by atoms with E-state index in [1.165, 1.54) is 16.9 Å². The second-order valence-electron chi connectivity index (χ2n) is 6.01. The minimum atomic E-state index is -0.819. The SMILES string of the molecule is COc1ccc(-n2nc(OC(C)C)c(Oc3c(F)cccc3F)c2C)nc1. The number of ether oxygens (including phenoxy) is 3. The summed E-state index contributed by atoms with van der Waals surface area (Å²) in [6.45, 7) is 5.32. The van der Waals surface area contributed by atoms with Crippen molar-refractivity contribution in [2.24, 2.45) is 0 Å². The summed E-state index contributed by atoms with van der Waals surface area (Å²) in [5, 5.41) is 4.35. The average molecular weight is 375 g/mol. The number of para-hydroxylation sites is 1. The van der Waals surface area contributed by atoms with Gasteiger partial charge in [0.1, 0.15) is 5.75 Å². The molecule has 0 saturated heterocycles. The predicted molar refractivity (Wildman–Crippen MR) is 94.8 cm³/mol. The molecule has 0 spiro atoms. The first-order chi connectivity index (χ1) is 12.9. The second-order valence-corrected chi connectivity index (χ2v) is 6.01. The third kappa shape index (κ3) is 3.84. The summed E-state index contributed by atoms with van der Waals surface area (Å²) in [7, 11) is 1.54. The van der Waals surface area contributed by atoms with E-state index in [0.29, 0.717) is 17.3 Å². The number of nitrogens with zero attached hydrogens (tertiary/aromatic N) is 3. The maximum Gasteiger partial charge on any atom is 0.277 e. The predicted octanol–water partition coefficient (Wildman–Crippen LogP) is 4.44. The van der Waals surface area contributed by atoms with Gasteiger partial charge >= 0.3 is 0 Å². The van der Waals surface area contributed by atoms with E-state index < -0.39 is 17.4 Å². The zero-order chi connectivity index (χ0) is 19.6. The fourth-order valence-electron chi connectivity index (χ4n) is 2.40. The van der Waals surface area contributed by atoms with Gasteiger partial charge in [0.2, 0.25) is 5.75 Å². The van der Waals surface area contributed by atoms with E-state index in [1.807, 2.05) is 13.8 Å². The number of aromatic nitrogens is 3. The minimum absolute atomic E-state index is 0.114. The summed E-state index contributed by atoms with van der Waals surface area (Å²) < 4.78 is 45.8. The lowest BCUT2D eigenvalue weighted by molar-refractivity contribution is 0.222. The zero-order valence-electron chi connectivity index (χ0n) is 15.4. The van der Waals surface area contributed by atoms with E-state index in [4.69, 9.17) is 14.2 Å². The van der Waals surface area contributed by atoms with Crippen molar-refractivity contribution in [1.82, 2.24) is 14.8 Å². The van der Waals surface area contributed by atoms with Crippen LogP contribution in [0.4, 0.5) is 8.78 Å². The zero-order valence-corrected chi connectivity index (χ0v) is 15.4. The second kappa shape index (κ2) is 7.61. The van der Waals surface area contributed by atoms with Crippen LogP contribution in [0.15, 0.2) is 36.5 Å². The third-order valence-corrected chi connectivity index (χ3v) is 3.68. The van der Waals surface area contributed by atoms with Crippen LogP contribution in [-0.4, -0.2) is 28.0 Å². The molecular formula is C19H19F2N3O3. The lowest BCUT2D eigenvalue weighted by atomic mass is 10.3. The van der Waals surface area contributed by atoms with Crippen molar-refractivity contribution in [3.05, 3.63) is 53.9 Å². The molecule has 142 valence electrons. The Labute approximate surface area is 155 Å². The molecule has 0 aliphatic heterocycles. The molecule has 6 nitrogen and oxygen atoms in total. The Hall–Kier alpha value is -3.16. The Morgan fingerprint density at radius 3 is 2.30 bits per heavy atom. The van der Waals surface area contributed by atoms with Crippen LogP contribution in [0.5, 0.6) is 23.1 Å². The van der Waals surface area contributed by atoms with Crippen molar-refractivity contribution in [3.63, 3.8) is 0 Å². The third-order valence-electron chi connectivity index (χ3n) is 3.68. The molecule has 3 aromatic rings. The molecule has 0 saturated carbocycles. The van der Waals surface area contributed by atoms with Crippen LogP contribution in [0.2, 0.25) is 0 Å². The number of halogens is 2. The highest BCUT2D eigenvalue weighted by molar-refractivity contribution is 5.46. The van der Waals surface area contributed by atoms with Crippen LogP contribution in [-0.2, 0) is 0 Å². The molecule has 0 unspecified atom stereocenters. The lowest BCUT2D eigenvalue weighted by Gasteiger charge is -2.11. The van der Waals surface area contributed by atoms with E-state index in [1.54, 1.807) is 26.2 Å². The van der Waals surface area contributed by atoms with Crippen LogP contribution < -0.4 is 14.2 Å². The normalized spacial score (nSPS) is 10.9. The van der Waals surface area contributed by atoms with Crippen molar-refractivity contribution < 1.29 is 23.0 Å². The van der Waals surface area contributed by atoms with E-state index in [2.05, 4.69) is 10.1 Å². The molecule has 0 bridgehead atoms. The number of pyridine rings is 1. The molecule has 0 N–H and O–H groups in total. The van der Waals surface area contributed by atoms with Gasteiger partial charge in [-0.25, -0.2) is 18.4 Å². The van der Waals surface area contributed by atoms with Gasteiger partial charge in [-0.05, 0) is 45.0 Å². The van der Waals surface area contributed by atoms with Gasteiger partial charge in [0.05, 0.1) is 25.1 Å². The van der Waals surface area contributed by atoms with Crippen LogP contribution in [0.25, 0.3) is 5.82 Å². The fourth-order valence-corrected chi connectivity index (χ4v) is 2.40. The quantitative estimate of drug-likeness (QED) is 0.637. The van der Waals surface area contributed by atoms with E-state index >= 15 is 0 Å². The molecule has 3 rings (SSSR count). The number of hydrogen-bond acceptors (Lipinski definition) is 5. The maximum atomic E-state index is 14.0. The van der Waals surface area contributed by atoms with E-state index in [0.717, 1.165) is 12.1 Å². The molecule has 0 aliphatic rings. The highest BCUT2D eigenvalue weighted by Gasteiger charge is 2.23. The number of methoxy groups -OCH3 is 1. The Morgan fingerprint density at radius 1 is 1.04 bits per heavy atom. The van der Waals surface area contributed by atoms with Crippen LogP contribution in [0.3, 0.4) is 0 Å². The summed E-state index contributed by atoms with van der Waals surface area (Å²) in [5.41, 5.74) is 0.478. The fraction of sp³-hybridized carbons (Fsp3) is 0.263. The molecule has 27 heavy (non-hydrogen) atoms. The smallest absolute Gasteiger partial charge is 0.277 e. The van der Waals surface area contributed by atoms with Crippen molar-refractivity contribution >= 4 is 0 Å². The van der Waals surface area contributed by atoms with Crippen LogP contribution in [0, 0.1) is 18.6 Å². The van der Waals surface area contributed by atoms with Gasteiger partial charge in [-0.3, -0.25) is 0 Å². The summed E-state index contributed by atoms with van der Waals surface area (Å²) in [5.74, 6) is -0.858. The van der Waals surface area contributed by atoms with Gasteiger partial charge in [0.25, 0.3) is 5.88 Å². The summed E-state index contributed by atoms with van der Waals surface area (Å²) in [6, 6.07) is 6.92. The number of rotatable bonds is 6. The highest BCUT2D eigenvalue weighted by atomic mass is 19.1.